The van der Waals surface area contributed by atoms with Gasteiger partial charge in [0, 0.05) is 25.8 Å². The lowest BCUT2D eigenvalue weighted by atomic mass is 9.92. The van der Waals surface area contributed by atoms with Crippen LogP contribution in [0, 0.1) is 10.1 Å². The van der Waals surface area contributed by atoms with Gasteiger partial charge in [0.2, 0.25) is 0 Å². The molecule has 0 unspecified atom stereocenters. The smallest absolute Gasteiger partial charge is 0.273 e. The fourth-order valence-electron chi connectivity index (χ4n) is 2.71. The molecule has 0 amide bonds. The fraction of sp³-hybridized carbons (Fsp3) is 0.600. The lowest BCUT2D eigenvalue weighted by Gasteiger charge is -2.31. The standard InChI is InChI=1S/C15H22N2O4/c1-20-15-8-3-2-7-14(15)16-9-10-21-13-6-4-5-12(11-13)17(18)19/h4-6,11,14-16H,2-3,7-10H2,1H3/t14-,15-/m1/s1. The Balaban J connectivity index is 1.74. The number of nitrogens with one attached hydrogen (secondary N) is 1. The van der Waals surface area contributed by atoms with Crippen molar-refractivity contribution in [3.63, 3.8) is 0 Å². The van der Waals surface area contributed by atoms with Crippen LogP contribution in [0.25, 0.3) is 0 Å². The lowest BCUT2D eigenvalue weighted by Crippen LogP contribution is -2.44. The van der Waals surface area contributed by atoms with E-state index >= 15 is 0 Å². The molecule has 1 saturated carbocycles. The van der Waals surface area contributed by atoms with Gasteiger partial charge < -0.3 is 14.8 Å². The Hall–Kier alpha value is -1.66. The number of nitro benzene ring substituents is 1. The number of nitrogens with zero attached hydrogens (tertiary/aromatic N) is 1. The number of ether oxygens (including phenoxy) is 2. The second-order valence-electron chi connectivity index (χ2n) is 5.22. The largest absolute Gasteiger partial charge is 0.492 e. The summed E-state index contributed by atoms with van der Waals surface area (Å²) in [6.07, 6.45) is 4.94. The summed E-state index contributed by atoms with van der Waals surface area (Å²) in [7, 11) is 1.75. The van der Waals surface area contributed by atoms with Crippen molar-refractivity contribution in [1.82, 2.24) is 5.32 Å². The predicted octanol–water partition coefficient (Wildman–Crippen LogP) is 2.52. The van der Waals surface area contributed by atoms with Gasteiger partial charge in [-0.15, -0.1) is 0 Å². The van der Waals surface area contributed by atoms with Crippen LogP contribution in [0.1, 0.15) is 25.7 Å². The molecule has 21 heavy (non-hydrogen) atoms. The molecule has 1 N–H and O–H groups in total. The minimum atomic E-state index is -0.420. The Labute approximate surface area is 124 Å². The van der Waals surface area contributed by atoms with Crippen molar-refractivity contribution in [2.45, 2.75) is 37.8 Å². The van der Waals surface area contributed by atoms with Crippen LogP contribution >= 0.6 is 0 Å². The zero-order valence-corrected chi connectivity index (χ0v) is 12.3. The summed E-state index contributed by atoms with van der Waals surface area (Å²) in [5.74, 6) is 0.526. The van der Waals surface area contributed by atoms with Crippen molar-refractivity contribution < 1.29 is 14.4 Å². The molecule has 6 heteroatoms. The molecule has 1 aromatic carbocycles. The van der Waals surface area contributed by atoms with E-state index in [1.165, 1.54) is 25.0 Å². The van der Waals surface area contributed by atoms with Gasteiger partial charge in [-0.1, -0.05) is 18.9 Å². The van der Waals surface area contributed by atoms with Gasteiger partial charge in [0.05, 0.1) is 17.1 Å². The molecule has 2 atom stereocenters. The molecular formula is C15H22N2O4. The van der Waals surface area contributed by atoms with Gasteiger partial charge in [0.25, 0.3) is 5.69 Å². The van der Waals surface area contributed by atoms with Crippen LogP contribution in [0.3, 0.4) is 0 Å². The average molecular weight is 294 g/mol. The SMILES string of the molecule is CO[C@@H]1CCCC[C@H]1NCCOc1cccc([N+](=O)[O-])c1. The van der Waals surface area contributed by atoms with Gasteiger partial charge in [0.15, 0.2) is 0 Å². The van der Waals surface area contributed by atoms with E-state index in [4.69, 9.17) is 9.47 Å². The summed E-state index contributed by atoms with van der Waals surface area (Å²) in [5.41, 5.74) is 0.0483. The van der Waals surface area contributed by atoms with Crippen molar-refractivity contribution in [2.24, 2.45) is 0 Å². The summed E-state index contributed by atoms with van der Waals surface area (Å²) >= 11 is 0. The highest BCUT2D eigenvalue weighted by molar-refractivity contribution is 5.37. The minimum absolute atomic E-state index is 0.0483. The second kappa shape index (κ2) is 7.95. The normalized spacial score (nSPS) is 22.0. The van der Waals surface area contributed by atoms with Crippen molar-refractivity contribution in [2.75, 3.05) is 20.3 Å². The number of hydrogen-bond donors (Lipinski definition) is 1. The number of rotatable bonds is 7. The van der Waals surface area contributed by atoms with E-state index in [0.29, 0.717) is 24.9 Å². The molecule has 1 fully saturated rings. The van der Waals surface area contributed by atoms with Gasteiger partial charge in [-0.25, -0.2) is 0 Å². The van der Waals surface area contributed by atoms with Crippen LogP contribution in [0.5, 0.6) is 5.75 Å². The number of methoxy groups -OCH3 is 1. The first kappa shape index (κ1) is 15.7. The second-order valence-corrected chi connectivity index (χ2v) is 5.22. The monoisotopic (exact) mass is 294 g/mol. The first-order valence-electron chi connectivity index (χ1n) is 7.34. The highest BCUT2D eigenvalue weighted by Gasteiger charge is 2.23. The van der Waals surface area contributed by atoms with E-state index in [1.54, 1.807) is 19.2 Å². The molecule has 1 aromatic rings. The molecule has 0 saturated heterocycles. The van der Waals surface area contributed by atoms with Crippen LogP contribution in [-0.2, 0) is 4.74 Å². The minimum Gasteiger partial charge on any atom is -0.492 e. The number of nitro groups is 1. The molecule has 116 valence electrons. The zero-order chi connectivity index (χ0) is 15.1. The van der Waals surface area contributed by atoms with Gasteiger partial charge >= 0.3 is 0 Å². The van der Waals surface area contributed by atoms with Gasteiger partial charge in [0.1, 0.15) is 12.4 Å². The maximum atomic E-state index is 10.7. The highest BCUT2D eigenvalue weighted by Crippen LogP contribution is 2.21. The lowest BCUT2D eigenvalue weighted by molar-refractivity contribution is -0.384. The van der Waals surface area contributed by atoms with Crippen LogP contribution in [0.4, 0.5) is 5.69 Å². The average Bonchev–Trinajstić information content (AvgIpc) is 2.52. The number of benzene rings is 1. The predicted molar refractivity (Wildman–Crippen MR) is 79.6 cm³/mol. The Morgan fingerprint density at radius 3 is 2.95 bits per heavy atom. The third-order valence-corrected chi connectivity index (χ3v) is 3.81. The first-order chi connectivity index (χ1) is 10.2. The van der Waals surface area contributed by atoms with E-state index in [2.05, 4.69) is 5.32 Å². The quantitative estimate of drug-likeness (QED) is 0.475. The van der Waals surface area contributed by atoms with Gasteiger partial charge in [-0.2, -0.15) is 0 Å². The molecule has 0 spiro atoms. The molecule has 0 radical (unpaired) electrons. The van der Waals surface area contributed by atoms with Crippen LogP contribution in [0.15, 0.2) is 24.3 Å². The summed E-state index contributed by atoms with van der Waals surface area (Å²) in [6, 6.07) is 6.63. The van der Waals surface area contributed by atoms with Crippen molar-refractivity contribution in [3.05, 3.63) is 34.4 Å². The van der Waals surface area contributed by atoms with E-state index in [0.717, 1.165) is 12.8 Å². The van der Waals surface area contributed by atoms with Crippen molar-refractivity contribution in [3.8, 4) is 5.75 Å². The Morgan fingerprint density at radius 1 is 1.38 bits per heavy atom. The van der Waals surface area contributed by atoms with E-state index in [-0.39, 0.29) is 11.8 Å². The highest BCUT2D eigenvalue weighted by atomic mass is 16.6. The molecule has 0 heterocycles. The van der Waals surface area contributed by atoms with Gasteiger partial charge in [-0.05, 0) is 18.9 Å². The summed E-state index contributed by atoms with van der Waals surface area (Å²) in [5, 5.41) is 14.1. The van der Waals surface area contributed by atoms with Crippen LogP contribution < -0.4 is 10.1 Å². The topological polar surface area (TPSA) is 73.6 Å². The summed E-state index contributed by atoms with van der Waals surface area (Å²) in [4.78, 5) is 10.3. The maximum Gasteiger partial charge on any atom is 0.273 e. The van der Waals surface area contributed by atoms with E-state index in [1.807, 2.05) is 0 Å². The number of non-ortho nitro benzene ring substituents is 1. The first-order valence-corrected chi connectivity index (χ1v) is 7.34. The van der Waals surface area contributed by atoms with E-state index in [9.17, 15) is 10.1 Å². The van der Waals surface area contributed by atoms with Gasteiger partial charge in [-0.3, -0.25) is 10.1 Å². The summed E-state index contributed by atoms with van der Waals surface area (Å²) < 4.78 is 11.0. The zero-order valence-electron chi connectivity index (χ0n) is 12.3. The molecular weight excluding hydrogens is 272 g/mol. The number of hydrogen-bond acceptors (Lipinski definition) is 5. The molecule has 1 aliphatic rings. The molecule has 2 rings (SSSR count). The molecule has 0 aromatic heterocycles. The molecule has 1 aliphatic carbocycles. The third-order valence-electron chi connectivity index (χ3n) is 3.81. The molecule has 0 bridgehead atoms. The van der Waals surface area contributed by atoms with Crippen molar-refractivity contribution in [1.29, 1.82) is 0 Å². The Morgan fingerprint density at radius 2 is 2.19 bits per heavy atom. The maximum absolute atomic E-state index is 10.7. The van der Waals surface area contributed by atoms with Crippen LogP contribution in [-0.4, -0.2) is 37.3 Å². The fourth-order valence-corrected chi connectivity index (χ4v) is 2.71. The van der Waals surface area contributed by atoms with Crippen molar-refractivity contribution >= 4 is 5.69 Å². The Bertz CT molecular complexity index is 467. The molecule has 6 nitrogen and oxygen atoms in total. The van der Waals surface area contributed by atoms with E-state index < -0.39 is 4.92 Å². The van der Waals surface area contributed by atoms with Crippen LogP contribution in [0.2, 0.25) is 0 Å². The molecule has 0 aliphatic heterocycles. The summed E-state index contributed by atoms with van der Waals surface area (Å²) in [6.45, 7) is 1.18. The Kier molecular flexibility index (Phi) is 5.95. The third kappa shape index (κ3) is 4.68.